The summed E-state index contributed by atoms with van der Waals surface area (Å²) >= 11 is 0. The van der Waals surface area contributed by atoms with Crippen molar-refractivity contribution >= 4 is 17.5 Å². The first-order valence-electron chi connectivity index (χ1n) is 8.43. The van der Waals surface area contributed by atoms with Crippen LogP contribution in [0.4, 0.5) is 5.69 Å². The number of benzene rings is 1. The summed E-state index contributed by atoms with van der Waals surface area (Å²) in [7, 11) is 3.61. The Kier molecular flexibility index (Phi) is 4.37. The molecule has 1 aliphatic rings. The summed E-state index contributed by atoms with van der Waals surface area (Å²) < 4.78 is 1.74. The fraction of sp³-hybridized carbons (Fsp3) is 0.421. The molecule has 0 saturated carbocycles. The van der Waals surface area contributed by atoms with Gasteiger partial charge in [0.05, 0.1) is 29.0 Å². The minimum atomic E-state index is -0.417. The van der Waals surface area contributed by atoms with Gasteiger partial charge in [0.1, 0.15) is 0 Å². The maximum atomic E-state index is 12.9. The van der Waals surface area contributed by atoms with Gasteiger partial charge in [-0.1, -0.05) is 29.8 Å². The smallest absolute Gasteiger partial charge is 0.230 e. The summed E-state index contributed by atoms with van der Waals surface area (Å²) in [5, 5.41) is 7.32. The van der Waals surface area contributed by atoms with Gasteiger partial charge in [0.25, 0.3) is 0 Å². The number of amides is 2. The van der Waals surface area contributed by atoms with Crippen LogP contribution in [-0.4, -0.2) is 33.5 Å². The quantitative estimate of drug-likeness (QED) is 0.933. The second kappa shape index (κ2) is 6.35. The number of hydrogen-bond donors (Lipinski definition) is 1. The standard InChI is InChI=1S/C19H24N4O2/c1-11-6-8-14(9-7-11)18-15(10-16(24)22(18)4)19(25)20-17-12(2)21-23(5)13(17)3/h6-9,15,18H,10H2,1-5H3,(H,20,25). The van der Waals surface area contributed by atoms with Crippen LogP contribution in [0.3, 0.4) is 0 Å². The highest BCUT2D eigenvalue weighted by atomic mass is 16.2. The molecule has 1 aliphatic heterocycles. The van der Waals surface area contributed by atoms with Crippen molar-refractivity contribution in [1.82, 2.24) is 14.7 Å². The highest BCUT2D eigenvalue weighted by molar-refractivity contribution is 5.98. The Morgan fingerprint density at radius 1 is 1.16 bits per heavy atom. The molecular weight excluding hydrogens is 316 g/mol. The van der Waals surface area contributed by atoms with E-state index >= 15 is 0 Å². The van der Waals surface area contributed by atoms with Gasteiger partial charge in [0, 0.05) is 20.5 Å². The zero-order valence-corrected chi connectivity index (χ0v) is 15.3. The minimum absolute atomic E-state index is 0.00893. The number of anilines is 1. The SMILES string of the molecule is Cc1ccc(C2C(C(=O)Nc3c(C)nn(C)c3C)CC(=O)N2C)cc1. The van der Waals surface area contributed by atoms with Crippen LogP contribution in [0.25, 0.3) is 0 Å². The molecule has 6 heteroatoms. The number of hydrogen-bond acceptors (Lipinski definition) is 3. The molecule has 2 unspecified atom stereocenters. The topological polar surface area (TPSA) is 67.2 Å². The molecule has 25 heavy (non-hydrogen) atoms. The first kappa shape index (κ1) is 17.2. The van der Waals surface area contributed by atoms with E-state index in [9.17, 15) is 9.59 Å². The summed E-state index contributed by atoms with van der Waals surface area (Å²) in [4.78, 5) is 26.9. The van der Waals surface area contributed by atoms with Crippen LogP contribution in [0.2, 0.25) is 0 Å². The third-order valence-corrected chi connectivity index (χ3v) is 5.10. The normalized spacial score (nSPS) is 20.2. The van der Waals surface area contributed by atoms with Crippen LogP contribution >= 0.6 is 0 Å². The number of carbonyl (C=O) groups is 2. The fourth-order valence-electron chi connectivity index (χ4n) is 3.49. The lowest BCUT2D eigenvalue weighted by Gasteiger charge is -2.25. The maximum Gasteiger partial charge on any atom is 0.230 e. The van der Waals surface area contributed by atoms with Gasteiger partial charge in [-0.15, -0.1) is 0 Å². The molecule has 132 valence electrons. The van der Waals surface area contributed by atoms with Gasteiger partial charge in [0.2, 0.25) is 11.8 Å². The van der Waals surface area contributed by atoms with Crippen LogP contribution in [0.1, 0.15) is 35.0 Å². The average Bonchev–Trinajstić information content (AvgIpc) is 2.99. The number of rotatable bonds is 3. The van der Waals surface area contributed by atoms with E-state index in [2.05, 4.69) is 10.4 Å². The number of carbonyl (C=O) groups excluding carboxylic acids is 2. The van der Waals surface area contributed by atoms with Crippen LogP contribution in [0.15, 0.2) is 24.3 Å². The Labute approximate surface area is 147 Å². The molecule has 2 amide bonds. The molecule has 0 spiro atoms. The van der Waals surface area contributed by atoms with E-state index in [4.69, 9.17) is 0 Å². The zero-order chi connectivity index (χ0) is 18.3. The van der Waals surface area contributed by atoms with Crippen LogP contribution in [0.5, 0.6) is 0 Å². The second-order valence-electron chi connectivity index (χ2n) is 6.83. The fourth-order valence-corrected chi connectivity index (χ4v) is 3.49. The van der Waals surface area contributed by atoms with E-state index in [1.54, 1.807) is 16.6 Å². The van der Waals surface area contributed by atoms with Gasteiger partial charge in [0.15, 0.2) is 0 Å². The van der Waals surface area contributed by atoms with Crippen molar-refractivity contribution in [2.75, 3.05) is 12.4 Å². The monoisotopic (exact) mass is 340 g/mol. The predicted octanol–water partition coefficient (Wildman–Crippen LogP) is 2.50. The third kappa shape index (κ3) is 3.04. The lowest BCUT2D eigenvalue weighted by atomic mass is 9.92. The lowest BCUT2D eigenvalue weighted by Crippen LogP contribution is -2.30. The van der Waals surface area contributed by atoms with Crippen LogP contribution in [-0.2, 0) is 16.6 Å². The Morgan fingerprint density at radius 2 is 1.80 bits per heavy atom. The number of aryl methyl sites for hydroxylation is 3. The summed E-state index contributed by atoms with van der Waals surface area (Å²) in [6, 6.07) is 7.77. The van der Waals surface area contributed by atoms with E-state index in [-0.39, 0.29) is 24.3 Å². The summed E-state index contributed by atoms with van der Waals surface area (Å²) in [5.41, 5.74) is 4.54. The molecule has 6 nitrogen and oxygen atoms in total. The van der Waals surface area contributed by atoms with Crippen LogP contribution in [0, 0.1) is 26.7 Å². The molecule has 0 bridgehead atoms. The zero-order valence-electron chi connectivity index (χ0n) is 15.3. The number of nitrogens with zero attached hydrogens (tertiary/aromatic N) is 3. The second-order valence-corrected chi connectivity index (χ2v) is 6.83. The van der Waals surface area contributed by atoms with E-state index in [1.165, 1.54) is 0 Å². The van der Waals surface area contributed by atoms with Gasteiger partial charge in [-0.25, -0.2) is 0 Å². The van der Waals surface area contributed by atoms with Crippen molar-refractivity contribution < 1.29 is 9.59 Å². The highest BCUT2D eigenvalue weighted by Gasteiger charge is 2.42. The molecule has 2 heterocycles. The molecule has 0 radical (unpaired) electrons. The first-order chi connectivity index (χ1) is 11.8. The van der Waals surface area contributed by atoms with Gasteiger partial charge in [-0.2, -0.15) is 5.10 Å². The summed E-state index contributed by atoms with van der Waals surface area (Å²) in [6.45, 7) is 5.80. The molecule has 1 N–H and O–H groups in total. The Balaban J connectivity index is 1.89. The van der Waals surface area contributed by atoms with Crippen LogP contribution < -0.4 is 5.32 Å². The molecule has 0 aliphatic carbocycles. The van der Waals surface area contributed by atoms with Gasteiger partial charge >= 0.3 is 0 Å². The molecule has 3 rings (SSSR count). The first-order valence-corrected chi connectivity index (χ1v) is 8.43. The van der Waals surface area contributed by atoms with E-state index in [0.29, 0.717) is 0 Å². The minimum Gasteiger partial charge on any atom is -0.338 e. The van der Waals surface area contributed by atoms with Crippen molar-refractivity contribution in [3.63, 3.8) is 0 Å². The third-order valence-electron chi connectivity index (χ3n) is 5.10. The summed E-state index contributed by atoms with van der Waals surface area (Å²) in [6.07, 6.45) is 0.221. The van der Waals surface area contributed by atoms with Crippen molar-refractivity contribution in [1.29, 1.82) is 0 Å². The highest BCUT2D eigenvalue weighted by Crippen LogP contribution is 2.38. The van der Waals surface area contributed by atoms with Gasteiger partial charge in [-0.3, -0.25) is 14.3 Å². The van der Waals surface area contributed by atoms with E-state index < -0.39 is 5.92 Å². The average molecular weight is 340 g/mol. The molecule has 1 aromatic heterocycles. The van der Waals surface area contributed by atoms with Gasteiger partial charge in [-0.05, 0) is 26.3 Å². The van der Waals surface area contributed by atoms with Crippen molar-refractivity contribution in [3.05, 3.63) is 46.8 Å². The molecule has 1 aromatic carbocycles. The Hall–Kier alpha value is -2.63. The van der Waals surface area contributed by atoms with Crippen molar-refractivity contribution in [2.24, 2.45) is 13.0 Å². The van der Waals surface area contributed by atoms with Gasteiger partial charge < -0.3 is 10.2 Å². The number of likely N-dealkylation sites (tertiary alicyclic amines) is 1. The predicted molar refractivity (Wildman–Crippen MR) is 96.1 cm³/mol. The van der Waals surface area contributed by atoms with E-state index in [1.807, 2.05) is 52.1 Å². The van der Waals surface area contributed by atoms with E-state index in [0.717, 1.165) is 28.2 Å². The largest absolute Gasteiger partial charge is 0.338 e. The Bertz CT molecular complexity index is 823. The molecule has 1 saturated heterocycles. The maximum absolute atomic E-state index is 12.9. The molecule has 2 aromatic rings. The Morgan fingerprint density at radius 3 is 2.36 bits per heavy atom. The molecule has 1 fully saturated rings. The lowest BCUT2D eigenvalue weighted by molar-refractivity contribution is -0.127. The number of aromatic nitrogens is 2. The number of nitrogens with one attached hydrogen (secondary N) is 1. The summed E-state index contributed by atoms with van der Waals surface area (Å²) in [5.74, 6) is -0.563. The molecular formula is C19H24N4O2. The molecule has 2 atom stereocenters. The van der Waals surface area contributed by atoms with Crippen molar-refractivity contribution in [2.45, 2.75) is 33.2 Å². The van der Waals surface area contributed by atoms with Crippen molar-refractivity contribution in [3.8, 4) is 0 Å².